The number of aromatic nitrogens is 1. The van der Waals surface area contributed by atoms with E-state index in [1.807, 2.05) is 30.1 Å². The maximum Gasteiger partial charge on any atom is 0.126 e. The van der Waals surface area contributed by atoms with E-state index in [4.69, 9.17) is 0 Å². The third-order valence-electron chi connectivity index (χ3n) is 1.70. The number of aryl methyl sites for hydroxylation is 1. The molecule has 0 aliphatic heterocycles. The van der Waals surface area contributed by atoms with Crippen molar-refractivity contribution in [3.8, 4) is 0 Å². The topological polar surface area (TPSA) is 24.9 Å². The van der Waals surface area contributed by atoms with Crippen molar-refractivity contribution in [3.63, 3.8) is 0 Å². The largest absolute Gasteiger partial charge is 0.369 e. The van der Waals surface area contributed by atoms with Gasteiger partial charge in [-0.15, -0.1) is 6.58 Å². The monoisotopic (exact) mass is 208 g/mol. The zero-order valence-electron chi connectivity index (χ0n) is 8.49. The lowest BCUT2D eigenvalue weighted by molar-refractivity contribution is 1.16. The third-order valence-corrected chi connectivity index (χ3v) is 2.67. The highest BCUT2D eigenvalue weighted by molar-refractivity contribution is 7.99. The first-order chi connectivity index (χ1) is 6.83. The van der Waals surface area contributed by atoms with Gasteiger partial charge in [-0.05, 0) is 24.6 Å². The van der Waals surface area contributed by atoms with Gasteiger partial charge >= 0.3 is 0 Å². The summed E-state index contributed by atoms with van der Waals surface area (Å²) in [5.74, 6) is 3.06. The average molecular weight is 208 g/mol. The van der Waals surface area contributed by atoms with Crippen molar-refractivity contribution >= 4 is 17.6 Å². The highest BCUT2D eigenvalue weighted by atomic mass is 32.2. The predicted molar refractivity (Wildman–Crippen MR) is 65.0 cm³/mol. The van der Waals surface area contributed by atoms with Crippen molar-refractivity contribution in [2.24, 2.45) is 0 Å². The SMILES string of the molecule is C=CCSCCNc1cc(C)ccn1. The van der Waals surface area contributed by atoms with Gasteiger partial charge in [0.05, 0.1) is 0 Å². The molecule has 0 unspecified atom stereocenters. The van der Waals surface area contributed by atoms with Crippen LogP contribution in [-0.2, 0) is 0 Å². The Hall–Kier alpha value is -0.960. The maximum atomic E-state index is 4.22. The van der Waals surface area contributed by atoms with Gasteiger partial charge in [-0.25, -0.2) is 4.98 Å². The van der Waals surface area contributed by atoms with E-state index in [1.54, 1.807) is 0 Å². The fourth-order valence-corrected chi connectivity index (χ4v) is 1.63. The molecule has 0 bridgehead atoms. The second kappa shape index (κ2) is 6.49. The van der Waals surface area contributed by atoms with Crippen molar-refractivity contribution in [2.75, 3.05) is 23.4 Å². The molecule has 14 heavy (non-hydrogen) atoms. The average Bonchev–Trinajstić information content (AvgIpc) is 2.18. The molecular formula is C11H16N2S. The summed E-state index contributed by atoms with van der Waals surface area (Å²) in [5, 5.41) is 3.28. The number of pyridine rings is 1. The van der Waals surface area contributed by atoms with Crippen LogP contribution in [0.4, 0.5) is 5.82 Å². The van der Waals surface area contributed by atoms with E-state index in [-0.39, 0.29) is 0 Å². The van der Waals surface area contributed by atoms with Crippen LogP contribution in [0.25, 0.3) is 0 Å². The second-order valence-corrected chi connectivity index (χ2v) is 4.16. The van der Waals surface area contributed by atoms with E-state index in [0.29, 0.717) is 0 Å². The van der Waals surface area contributed by atoms with E-state index >= 15 is 0 Å². The minimum absolute atomic E-state index is 0.953. The number of hydrogen-bond acceptors (Lipinski definition) is 3. The van der Waals surface area contributed by atoms with Crippen LogP contribution in [0.1, 0.15) is 5.56 Å². The summed E-state index contributed by atoms with van der Waals surface area (Å²) in [6.45, 7) is 6.70. The van der Waals surface area contributed by atoms with Crippen LogP contribution in [0.3, 0.4) is 0 Å². The number of thioether (sulfide) groups is 1. The minimum atomic E-state index is 0.953. The van der Waals surface area contributed by atoms with Gasteiger partial charge in [0.15, 0.2) is 0 Å². The molecule has 2 nitrogen and oxygen atoms in total. The van der Waals surface area contributed by atoms with Crippen molar-refractivity contribution in [1.82, 2.24) is 4.98 Å². The highest BCUT2D eigenvalue weighted by Gasteiger charge is 1.92. The fraction of sp³-hybridized carbons (Fsp3) is 0.364. The summed E-state index contributed by atoms with van der Waals surface area (Å²) in [7, 11) is 0. The molecule has 0 aliphatic rings. The van der Waals surface area contributed by atoms with Crippen LogP contribution in [0.5, 0.6) is 0 Å². The lowest BCUT2D eigenvalue weighted by Crippen LogP contribution is -2.05. The van der Waals surface area contributed by atoms with Gasteiger partial charge < -0.3 is 5.32 Å². The fourth-order valence-electron chi connectivity index (χ4n) is 1.05. The summed E-state index contributed by atoms with van der Waals surface area (Å²) >= 11 is 1.87. The number of anilines is 1. The third kappa shape index (κ3) is 4.33. The Balaban J connectivity index is 2.21. The van der Waals surface area contributed by atoms with Gasteiger partial charge in [-0.3, -0.25) is 0 Å². The van der Waals surface area contributed by atoms with Gasteiger partial charge in [-0.1, -0.05) is 6.08 Å². The summed E-state index contributed by atoms with van der Waals surface area (Å²) < 4.78 is 0. The number of hydrogen-bond donors (Lipinski definition) is 1. The number of rotatable bonds is 6. The summed E-state index contributed by atoms with van der Waals surface area (Å²) in [6, 6.07) is 4.05. The van der Waals surface area contributed by atoms with Crippen LogP contribution in [0.2, 0.25) is 0 Å². The normalized spacial score (nSPS) is 9.79. The first-order valence-electron chi connectivity index (χ1n) is 4.68. The van der Waals surface area contributed by atoms with Gasteiger partial charge in [0.25, 0.3) is 0 Å². The van der Waals surface area contributed by atoms with Crippen molar-refractivity contribution in [1.29, 1.82) is 0 Å². The molecule has 1 N–H and O–H groups in total. The predicted octanol–water partition coefficient (Wildman–Crippen LogP) is 2.72. The molecule has 0 fully saturated rings. The smallest absolute Gasteiger partial charge is 0.126 e. The van der Waals surface area contributed by atoms with E-state index in [2.05, 4.69) is 29.9 Å². The van der Waals surface area contributed by atoms with Crippen molar-refractivity contribution in [2.45, 2.75) is 6.92 Å². The second-order valence-electron chi connectivity index (χ2n) is 3.01. The van der Waals surface area contributed by atoms with E-state index in [1.165, 1.54) is 5.56 Å². The Labute approximate surface area is 89.8 Å². The minimum Gasteiger partial charge on any atom is -0.369 e. The molecule has 0 atom stereocenters. The van der Waals surface area contributed by atoms with Crippen LogP contribution >= 0.6 is 11.8 Å². The van der Waals surface area contributed by atoms with E-state index < -0.39 is 0 Å². The maximum absolute atomic E-state index is 4.22. The van der Waals surface area contributed by atoms with Crippen LogP contribution in [0, 0.1) is 6.92 Å². The Morgan fingerprint density at radius 2 is 2.50 bits per heavy atom. The Kier molecular flexibility index (Phi) is 5.15. The molecule has 3 heteroatoms. The molecule has 0 saturated heterocycles. The van der Waals surface area contributed by atoms with Crippen molar-refractivity contribution < 1.29 is 0 Å². The zero-order valence-corrected chi connectivity index (χ0v) is 9.31. The molecule has 0 aromatic carbocycles. The Morgan fingerprint density at radius 1 is 1.64 bits per heavy atom. The molecular weight excluding hydrogens is 192 g/mol. The first kappa shape index (κ1) is 11.1. The lowest BCUT2D eigenvalue weighted by atomic mass is 10.3. The molecule has 0 spiro atoms. The highest BCUT2D eigenvalue weighted by Crippen LogP contribution is 2.05. The van der Waals surface area contributed by atoms with Gasteiger partial charge in [0.1, 0.15) is 5.82 Å². The van der Waals surface area contributed by atoms with Crippen LogP contribution in [-0.4, -0.2) is 23.0 Å². The lowest BCUT2D eigenvalue weighted by Gasteiger charge is -2.04. The molecule has 1 heterocycles. The van der Waals surface area contributed by atoms with E-state index in [9.17, 15) is 0 Å². The summed E-state index contributed by atoms with van der Waals surface area (Å²) in [4.78, 5) is 4.22. The molecule has 1 aromatic rings. The van der Waals surface area contributed by atoms with Gasteiger partial charge in [-0.2, -0.15) is 11.8 Å². The van der Waals surface area contributed by atoms with Gasteiger partial charge in [0.2, 0.25) is 0 Å². The summed E-state index contributed by atoms with van der Waals surface area (Å²) in [6.07, 6.45) is 3.75. The standard InChI is InChI=1S/C11H16N2S/c1-3-7-14-8-6-13-11-9-10(2)4-5-12-11/h3-5,9H,1,6-8H2,2H3,(H,12,13). The summed E-state index contributed by atoms with van der Waals surface area (Å²) in [5.41, 5.74) is 1.24. The Morgan fingerprint density at radius 3 is 3.21 bits per heavy atom. The van der Waals surface area contributed by atoms with Crippen molar-refractivity contribution in [3.05, 3.63) is 36.5 Å². The number of nitrogens with zero attached hydrogens (tertiary/aromatic N) is 1. The Bertz CT molecular complexity index is 286. The quantitative estimate of drug-likeness (QED) is 0.575. The molecule has 0 aliphatic carbocycles. The first-order valence-corrected chi connectivity index (χ1v) is 5.83. The van der Waals surface area contributed by atoms with Crippen LogP contribution in [0.15, 0.2) is 31.0 Å². The van der Waals surface area contributed by atoms with E-state index in [0.717, 1.165) is 23.9 Å². The molecule has 1 aromatic heterocycles. The molecule has 0 saturated carbocycles. The number of nitrogens with one attached hydrogen (secondary N) is 1. The molecule has 76 valence electrons. The van der Waals surface area contributed by atoms with Gasteiger partial charge in [0, 0.05) is 24.2 Å². The van der Waals surface area contributed by atoms with Crippen LogP contribution < -0.4 is 5.32 Å². The molecule has 0 amide bonds. The molecule has 1 rings (SSSR count). The zero-order chi connectivity index (χ0) is 10.2. The molecule has 0 radical (unpaired) electrons.